The van der Waals surface area contributed by atoms with Crippen molar-refractivity contribution in [3.05, 3.63) is 29.0 Å². The molecule has 0 spiro atoms. The topological polar surface area (TPSA) is 28.2 Å². The summed E-state index contributed by atoms with van der Waals surface area (Å²) < 4.78 is 0. The van der Waals surface area contributed by atoms with Gasteiger partial charge in [-0.05, 0) is 57.8 Å². The van der Waals surface area contributed by atoms with Crippen molar-refractivity contribution in [2.45, 2.75) is 39.3 Å². The van der Waals surface area contributed by atoms with E-state index in [9.17, 15) is 0 Å². The molecule has 3 nitrogen and oxygen atoms in total. The lowest BCUT2D eigenvalue weighted by atomic mass is 9.98. The van der Waals surface area contributed by atoms with Gasteiger partial charge in [-0.1, -0.05) is 17.7 Å². The number of pyridine rings is 1. The van der Waals surface area contributed by atoms with Crippen LogP contribution in [0.15, 0.2) is 18.2 Å². The standard InChI is InChI=1S/C15H24ClN3/c1-12(2)19(10-13-5-4-8-17-9-13)11-14-6-3-7-15(16)18-14/h3,6-7,12-13,17H,4-5,8-11H2,1-2H3. The van der Waals surface area contributed by atoms with E-state index < -0.39 is 0 Å². The molecule has 2 heterocycles. The van der Waals surface area contributed by atoms with Gasteiger partial charge < -0.3 is 5.32 Å². The molecule has 106 valence electrons. The molecular weight excluding hydrogens is 258 g/mol. The van der Waals surface area contributed by atoms with Crippen molar-refractivity contribution in [2.24, 2.45) is 5.92 Å². The maximum absolute atomic E-state index is 5.96. The first-order chi connectivity index (χ1) is 9.15. The zero-order chi connectivity index (χ0) is 13.7. The second-order valence-corrected chi connectivity index (χ2v) is 6.07. The Morgan fingerprint density at radius 2 is 2.32 bits per heavy atom. The summed E-state index contributed by atoms with van der Waals surface area (Å²) in [5.41, 5.74) is 1.06. The van der Waals surface area contributed by atoms with Gasteiger partial charge in [0.15, 0.2) is 0 Å². The fourth-order valence-corrected chi connectivity index (χ4v) is 2.80. The van der Waals surface area contributed by atoms with E-state index in [1.54, 1.807) is 0 Å². The molecule has 1 N–H and O–H groups in total. The van der Waals surface area contributed by atoms with Crippen molar-refractivity contribution in [3.8, 4) is 0 Å². The summed E-state index contributed by atoms with van der Waals surface area (Å²) >= 11 is 5.96. The minimum absolute atomic E-state index is 0.530. The summed E-state index contributed by atoms with van der Waals surface area (Å²) in [4.78, 5) is 6.89. The Kier molecular flexibility index (Phi) is 5.61. The van der Waals surface area contributed by atoms with Crippen molar-refractivity contribution in [1.82, 2.24) is 15.2 Å². The van der Waals surface area contributed by atoms with E-state index in [-0.39, 0.29) is 0 Å². The molecule has 4 heteroatoms. The van der Waals surface area contributed by atoms with E-state index >= 15 is 0 Å². The van der Waals surface area contributed by atoms with Gasteiger partial charge in [0.2, 0.25) is 0 Å². The van der Waals surface area contributed by atoms with Crippen LogP contribution in [0, 0.1) is 5.92 Å². The average Bonchev–Trinajstić information content (AvgIpc) is 2.39. The highest BCUT2D eigenvalue weighted by atomic mass is 35.5. The van der Waals surface area contributed by atoms with E-state index in [2.05, 4.69) is 35.1 Å². The fraction of sp³-hybridized carbons (Fsp3) is 0.667. The zero-order valence-electron chi connectivity index (χ0n) is 11.9. The number of hydrogen-bond acceptors (Lipinski definition) is 3. The van der Waals surface area contributed by atoms with Gasteiger partial charge in [-0.3, -0.25) is 4.90 Å². The highest BCUT2D eigenvalue weighted by Crippen LogP contribution is 2.16. The predicted octanol–water partition coefficient (Wildman–Crippen LogP) is 2.95. The van der Waals surface area contributed by atoms with Crippen LogP contribution in [0.4, 0.5) is 0 Å². The monoisotopic (exact) mass is 281 g/mol. The molecule has 1 aliphatic heterocycles. The number of nitrogens with one attached hydrogen (secondary N) is 1. The average molecular weight is 282 g/mol. The highest BCUT2D eigenvalue weighted by molar-refractivity contribution is 6.29. The highest BCUT2D eigenvalue weighted by Gasteiger charge is 2.19. The number of aromatic nitrogens is 1. The zero-order valence-corrected chi connectivity index (χ0v) is 12.7. The molecule has 1 aromatic heterocycles. The van der Waals surface area contributed by atoms with Crippen LogP contribution >= 0.6 is 11.6 Å². The summed E-state index contributed by atoms with van der Waals surface area (Å²) in [6, 6.07) is 6.39. The van der Waals surface area contributed by atoms with Crippen molar-refractivity contribution < 1.29 is 0 Å². The SMILES string of the molecule is CC(C)N(Cc1cccc(Cl)n1)CC1CCCNC1. The molecule has 1 fully saturated rings. The molecular formula is C15H24ClN3. The number of rotatable bonds is 5. The molecule has 0 bridgehead atoms. The smallest absolute Gasteiger partial charge is 0.129 e. The molecule has 1 unspecified atom stereocenters. The van der Waals surface area contributed by atoms with Gasteiger partial charge in [0, 0.05) is 19.1 Å². The molecule has 19 heavy (non-hydrogen) atoms. The third-order valence-corrected chi connectivity index (χ3v) is 3.97. The minimum atomic E-state index is 0.530. The Morgan fingerprint density at radius 1 is 1.47 bits per heavy atom. The van der Waals surface area contributed by atoms with Crippen LogP contribution in [-0.2, 0) is 6.54 Å². The molecule has 2 rings (SSSR count). The molecule has 0 aliphatic carbocycles. The number of hydrogen-bond donors (Lipinski definition) is 1. The minimum Gasteiger partial charge on any atom is -0.316 e. The molecule has 0 radical (unpaired) electrons. The van der Waals surface area contributed by atoms with Crippen LogP contribution in [0.5, 0.6) is 0 Å². The van der Waals surface area contributed by atoms with Gasteiger partial charge in [0.25, 0.3) is 0 Å². The van der Waals surface area contributed by atoms with Crippen molar-refractivity contribution in [3.63, 3.8) is 0 Å². The quantitative estimate of drug-likeness (QED) is 0.841. The van der Waals surface area contributed by atoms with E-state index in [4.69, 9.17) is 11.6 Å². The lowest BCUT2D eigenvalue weighted by Crippen LogP contribution is -2.40. The second-order valence-electron chi connectivity index (χ2n) is 5.69. The molecule has 1 atom stereocenters. The third kappa shape index (κ3) is 4.75. The first-order valence-corrected chi connectivity index (χ1v) is 7.59. The predicted molar refractivity (Wildman–Crippen MR) is 80.4 cm³/mol. The van der Waals surface area contributed by atoms with Gasteiger partial charge in [-0.2, -0.15) is 0 Å². The summed E-state index contributed by atoms with van der Waals surface area (Å²) in [5, 5.41) is 4.07. The van der Waals surface area contributed by atoms with E-state index in [0.29, 0.717) is 11.2 Å². The van der Waals surface area contributed by atoms with Crippen LogP contribution in [0.2, 0.25) is 5.15 Å². The first-order valence-electron chi connectivity index (χ1n) is 7.21. The van der Waals surface area contributed by atoms with Crippen LogP contribution in [0.3, 0.4) is 0 Å². The summed E-state index contributed by atoms with van der Waals surface area (Å²) in [5.74, 6) is 0.760. The molecule has 0 saturated carbocycles. The summed E-state index contributed by atoms with van der Waals surface area (Å²) in [6.45, 7) is 8.84. The Labute approximate surface area is 121 Å². The molecule has 0 aromatic carbocycles. The first kappa shape index (κ1) is 14.8. The lowest BCUT2D eigenvalue weighted by Gasteiger charge is -2.32. The molecule has 1 saturated heterocycles. The van der Waals surface area contributed by atoms with Crippen LogP contribution in [-0.4, -0.2) is 35.6 Å². The van der Waals surface area contributed by atoms with Gasteiger partial charge in [-0.15, -0.1) is 0 Å². The van der Waals surface area contributed by atoms with Gasteiger partial charge in [0.05, 0.1) is 5.69 Å². The Morgan fingerprint density at radius 3 is 2.95 bits per heavy atom. The Hall–Kier alpha value is -0.640. The van der Waals surface area contributed by atoms with E-state index in [0.717, 1.165) is 31.2 Å². The maximum Gasteiger partial charge on any atom is 0.129 e. The number of piperidine rings is 1. The molecule has 0 amide bonds. The van der Waals surface area contributed by atoms with E-state index in [1.807, 2.05) is 12.1 Å². The second kappa shape index (κ2) is 7.22. The van der Waals surface area contributed by atoms with Gasteiger partial charge >= 0.3 is 0 Å². The normalized spacial score (nSPS) is 20.2. The van der Waals surface area contributed by atoms with Crippen LogP contribution < -0.4 is 5.32 Å². The maximum atomic E-state index is 5.96. The lowest BCUT2D eigenvalue weighted by molar-refractivity contribution is 0.162. The summed E-state index contributed by atoms with van der Waals surface area (Å²) in [7, 11) is 0. The Balaban J connectivity index is 1.95. The Bertz CT molecular complexity index is 389. The van der Waals surface area contributed by atoms with Gasteiger partial charge in [0.1, 0.15) is 5.15 Å². The fourth-order valence-electron chi connectivity index (χ4n) is 2.62. The van der Waals surface area contributed by atoms with Crippen molar-refractivity contribution >= 4 is 11.6 Å². The van der Waals surface area contributed by atoms with E-state index in [1.165, 1.54) is 19.4 Å². The number of nitrogens with zero attached hydrogens (tertiary/aromatic N) is 2. The third-order valence-electron chi connectivity index (χ3n) is 3.76. The summed E-state index contributed by atoms with van der Waals surface area (Å²) in [6.07, 6.45) is 2.63. The molecule has 1 aromatic rings. The van der Waals surface area contributed by atoms with Crippen LogP contribution in [0.25, 0.3) is 0 Å². The van der Waals surface area contributed by atoms with Crippen molar-refractivity contribution in [2.75, 3.05) is 19.6 Å². The van der Waals surface area contributed by atoms with Crippen molar-refractivity contribution in [1.29, 1.82) is 0 Å². The molecule has 1 aliphatic rings. The number of halogens is 1. The van der Waals surface area contributed by atoms with Crippen LogP contribution in [0.1, 0.15) is 32.4 Å². The largest absolute Gasteiger partial charge is 0.316 e. The van der Waals surface area contributed by atoms with Gasteiger partial charge in [-0.25, -0.2) is 4.98 Å².